The molecule has 3 aromatic rings. The van der Waals surface area contributed by atoms with Crippen LogP contribution in [-0.4, -0.2) is 46.5 Å². The van der Waals surface area contributed by atoms with Crippen molar-refractivity contribution in [2.45, 2.75) is 0 Å². The molecule has 0 aliphatic heterocycles. The van der Waals surface area contributed by atoms with Crippen LogP contribution in [0.15, 0.2) is 24.3 Å². The van der Waals surface area contributed by atoms with E-state index in [1.807, 2.05) is 0 Å². The van der Waals surface area contributed by atoms with E-state index in [2.05, 4.69) is 5.10 Å². The number of ketones is 1. The first-order valence-corrected chi connectivity index (χ1v) is 6.23. The fraction of sp³-hybridized carbons (Fsp3) is 0. The topological polar surface area (TPSA) is 156 Å². The predicted octanol–water partition coefficient (Wildman–Crippen LogP) is 1.03. The van der Waals surface area contributed by atoms with Crippen LogP contribution < -0.4 is 0 Å². The Balaban J connectivity index is 2.22. The minimum Gasteiger partial charge on any atom is -0.504 e. The number of phenolic OH excluding ortho intramolecular Hbond substituents is 5. The summed E-state index contributed by atoms with van der Waals surface area (Å²) in [7, 11) is 0. The van der Waals surface area contributed by atoms with Gasteiger partial charge >= 0.3 is 0 Å². The maximum absolute atomic E-state index is 12.5. The van der Waals surface area contributed by atoms with Gasteiger partial charge in [0.1, 0.15) is 5.69 Å². The second-order valence-electron chi connectivity index (χ2n) is 4.76. The SMILES string of the molecule is O=C(c1cc(O)c(O)c(O)c1)c1nn(O)c2c(O)c(O)ccc12. The van der Waals surface area contributed by atoms with Crippen molar-refractivity contribution < 1.29 is 35.5 Å². The molecule has 3 rings (SSSR count). The summed E-state index contributed by atoms with van der Waals surface area (Å²) in [6, 6.07) is 4.21. The van der Waals surface area contributed by atoms with Crippen molar-refractivity contribution in [3.05, 3.63) is 35.5 Å². The van der Waals surface area contributed by atoms with Gasteiger partial charge in [-0.2, -0.15) is 0 Å². The number of nitrogens with zero attached hydrogens (tertiary/aromatic N) is 2. The Morgan fingerprint density at radius 2 is 1.52 bits per heavy atom. The molecule has 9 nitrogen and oxygen atoms in total. The summed E-state index contributed by atoms with van der Waals surface area (Å²) < 4.78 is 0. The Hall–Kier alpha value is -3.62. The predicted molar refractivity (Wildman–Crippen MR) is 75.1 cm³/mol. The van der Waals surface area contributed by atoms with E-state index in [1.54, 1.807) is 0 Å². The standard InChI is InChI=1S/C14H10N2O7/c17-7-2-1-6-10(15-16(23)11(6)14(7)22)12(20)5-3-8(18)13(21)9(19)4-5/h1-4,17-19,21-23H. The maximum atomic E-state index is 12.5. The highest BCUT2D eigenvalue weighted by Crippen LogP contribution is 2.38. The van der Waals surface area contributed by atoms with Crippen molar-refractivity contribution in [3.63, 3.8) is 0 Å². The number of rotatable bonds is 2. The van der Waals surface area contributed by atoms with Crippen molar-refractivity contribution in [3.8, 4) is 28.7 Å². The molecule has 0 radical (unpaired) electrons. The zero-order valence-corrected chi connectivity index (χ0v) is 11.3. The normalized spacial score (nSPS) is 11.0. The van der Waals surface area contributed by atoms with Crippen molar-refractivity contribution >= 4 is 16.7 Å². The molecule has 2 aromatic carbocycles. The lowest BCUT2D eigenvalue weighted by Crippen LogP contribution is -2.04. The van der Waals surface area contributed by atoms with Crippen LogP contribution in [0, 0.1) is 0 Å². The Labute approximate surface area is 127 Å². The maximum Gasteiger partial charge on any atom is 0.214 e. The number of carbonyl (C=O) groups excluding carboxylic acids is 1. The van der Waals surface area contributed by atoms with E-state index in [1.165, 1.54) is 6.07 Å². The Bertz CT molecular complexity index is 938. The molecular weight excluding hydrogens is 308 g/mol. The molecule has 0 saturated carbocycles. The second kappa shape index (κ2) is 4.70. The van der Waals surface area contributed by atoms with Crippen LogP contribution in [0.5, 0.6) is 28.7 Å². The van der Waals surface area contributed by atoms with Crippen LogP contribution in [-0.2, 0) is 0 Å². The van der Waals surface area contributed by atoms with Crippen LogP contribution in [0.25, 0.3) is 10.9 Å². The van der Waals surface area contributed by atoms with Gasteiger partial charge in [0.25, 0.3) is 0 Å². The van der Waals surface area contributed by atoms with Crippen LogP contribution in [0.2, 0.25) is 0 Å². The summed E-state index contributed by atoms with van der Waals surface area (Å²) in [6.07, 6.45) is 0. The molecule has 0 fully saturated rings. The summed E-state index contributed by atoms with van der Waals surface area (Å²) >= 11 is 0. The van der Waals surface area contributed by atoms with E-state index < -0.39 is 34.5 Å². The third kappa shape index (κ3) is 2.02. The summed E-state index contributed by atoms with van der Waals surface area (Å²) in [5.74, 6) is -4.15. The summed E-state index contributed by atoms with van der Waals surface area (Å²) in [5.41, 5.74) is -0.770. The van der Waals surface area contributed by atoms with Gasteiger partial charge in [-0.05, 0) is 24.3 Å². The van der Waals surface area contributed by atoms with Crippen molar-refractivity contribution in [2.75, 3.05) is 0 Å². The number of aromatic nitrogens is 2. The van der Waals surface area contributed by atoms with Gasteiger partial charge in [0, 0.05) is 10.9 Å². The summed E-state index contributed by atoms with van der Waals surface area (Å²) in [6.45, 7) is 0. The molecule has 0 unspecified atom stereocenters. The van der Waals surface area contributed by atoms with Gasteiger partial charge in [0.15, 0.2) is 34.3 Å². The number of carbonyl (C=O) groups is 1. The third-order valence-electron chi connectivity index (χ3n) is 3.33. The number of benzene rings is 2. The first-order chi connectivity index (χ1) is 10.8. The molecule has 0 bridgehead atoms. The van der Waals surface area contributed by atoms with Gasteiger partial charge in [-0.15, -0.1) is 5.10 Å². The summed E-state index contributed by atoms with van der Waals surface area (Å²) in [4.78, 5) is 12.7. The number of fused-ring (bicyclic) bond motifs is 1. The minimum absolute atomic E-state index is 0.0415. The molecule has 0 aliphatic rings. The first kappa shape index (κ1) is 14.3. The number of aromatic hydroxyl groups is 5. The molecule has 0 amide bonds. The van der Waals surface area contributed by atoms with E-state index in [0.29, 0.717) is 0 Å². The quantitative estimate of drug-likeness (QED) is 0.232. The lowest BCUT2D eigenvalue weighted by atomic mass is 10.0. The average molecular weight is 318 g/mol. The fourth-order valence-corrected chi connectivity index (χ4v) is 2.20. The van der Waals surface area contributed by atoms with E-state index in [-0.39, 0.29) is 27.0 Å². The van der Waals surface area contributed by atoms with Crippen molar-refractivity contribution in [2.24, 2.45) is 0 Å². The Morgan fingerprint density at radius 3 is 2.13 bits per heavy atom. The van der Waals surface area contributed by atoms with E-state index in [9.17, 15) is 35.5 Å². The molecule has 0 atom stereocenters. The molecule has 0 saturated heterocycles. The lowest BCUT2D eigenvalue weighted by Gasteiger charge is -2.04. The highest BCUT2D eigenvalue weighted by Gasteiger charge is 2.24. The summed E-state index contributed by atoms with van der Waals surface area (Å²) in [5, 5.41) is 60.7. The van der Waals surface area contributed by atoms with Gasteiger partial charge in [-0.1, -0.05) is 4.85 Å². The highest BCUT2D eigenvalue weighted by molar-refractivity contribution is 6.16. The van der Waals surface area contributed by atoms with Crippen LogP contribution in [0.1, 0.15) is 16.1 Å². The molecule has 6 N–H and O–H groups in total. The second-order valence-corrected chi connectivity index (χ2v) is 4.76. The lowest BCUT2D eigenvalue weighted by molar-refractivity contribution is 0.102. The zero-order valence-electron chi connectivity index (χ0n) is 11.3. The van der Waals surface area contributed by atoms with E-state index >= 15 is 0 Å². The third-order valence-corrected chi connectivity index (χ3v) is 3.33. The number of hydrogen-bond acceptors (Lipinski definition) is 8. The number of hydrogen-bond donors (Lipinski definition) is 6. The largest absolute Gasteiger partial charge is 0.504 e. The smallest absolute Gasteiger partial charge is 0.214 e. The molecule has 0 aliphatic carbocycles. The zero-order chi connectivity index (χ0) is 16.9. The Kier molecular flexibility index (Phi) is 2.93. The van der Waals surface area contributed by atoms with Crippen LogP contribution in [0.3, 0.4) is 0 Å². The molecule has 23 heavy (non-hydrogen) atoms. The average Bonchev–Trinajstić information content (AvgIpc) is 2.84. The van der Waals surface area contributed by atoms with Gasteiger partial charge in [-0.3, -0.25) is 4.79 Å². The van der Waals surface area contributed by atoms with Crippen molar-refractivity contribution in [1.82, 2.24) is 9.94 Å². The fourth-order valence-electron chi connectivity index (χ4n) is 2.20. The molecule has 118 valence electrons. The minimum atomic E-state index is -0.793. The molecule has 1 heterocycles. The van der Waals surface area contributed by atoms with Crippen LogP contribution >= 0.6 is 0 Å². The molecule has 1 aromatic heterocycles. The van der Waals surface area contributed by atoms with Gasteiger partial charge in [0.05, 0.1) is 0 Å². The Morgan fingerprint density at radius 1 is 0.913 bits per heavy atom. The van der Waals surface area contributed by atoms with Gasteiger partial charge < -0.3 is 30.7 Å². The molecule has 0 spiro atoms. The van der Waals surface area contributed by atoms with E-state index in [4.69, 9.17) is 0 Å². The number of phenols is 5. The monoisotopic (exact) mass is 318 g/mol. The van der Waals surface area contributed by atoms with Crippen molar-refractivity contribution in [1.29, 1.82) is 0 Å². The highest BCUT2D eigenvalue weighted by atomic mass is 16.5. The molecular formula is C14H10N2O7. The van der Waals surface area contributed by atoms with E-state index in [0.717, 1.165) is 18.2 Å². The van der Waals surface area contributed by atoms with Crippen LogP contribution in [0.4, 0.5) is 0 Å². The van der Waals surface area contributed by atoms with Gasteiger partial charge in [0.2, 0.25) is 5.78 Å². The first-order valence-electron chi connectivity index (χ1n) is 6.23. The van der Waals surface area contributed by atoms with Gasteiger partial charge in [-0.25, -0.2) is 0 Å². The molecule has 9 heteroatoms.